The highest BCUT2D eigenvalue weighted by molar-refractivity contribution is 7.80. The molecule has 0 aromatic carbocycles. The molecule has 0 aromatic rings. The van der Waals surface area contributed by atoms with Crippen molar-refractivity contribution < 1.29 is 4.79 Å². The summed E-state index contributed by atoms with van der Waals surface area (Å²) < 4.78 is 0. The first-order chi connectivity index (χ1) is 7.56. The summed E-state index contributed by atoms with van der Waals surface area (Å²) in [7, 11) is 1.69. The van der Waals surface area contributed by atoms with Crippen molar-refractivity contribution in [1.29, 1.82) is 0 Å². The monoisotopic (exact) mass is 243 g/mol. The highest BCUT2D eigenvalue weighted by Gasteiger charge is 2.31. The van der Waals surface area contributed by atoms with Crippen LogP contribution in [0.25, 0.3) is 0 Å². The number of amides is 1. The SMILES string of the molecule is CNC(=O)C1CCCCN1C(C)CC(N)=S. The molecule has 5 heteroatoms. The van der Waals surface area contributed by atoms with Gasteiger partial charge in [0.2, 0.25) is 5.91 Å². The van der Waals surface area contributed by atoms with Crippen LogP contribution in [0.4, 0.5) is 0 Å². The Kier molecular flexibility index (Phi) is 5.15. The van der Waals surface area contributed by atoms with E-state index in [1.54, 1.807) is 7.05 Å². The molecule has 0 spiro atoms. The third kappa shape index (κ3) is 3.42. The van der Waals surface area contributed by atoms with E-state index in [0.29, 0.717) is 11.4 Å². The zero-order valence-corrected chi connectivity index (χ0v) is 10.8. The quantitative estimate of drug-likeness (QED) is 0.712. The van der Waals surface area contributed by atoms with E-state index < -0.39 is 0 Å². The highest BCUT2D eigenvalue weighted by atomic mass is 32.1. The first kappa shape index (κ1) is 13.4. The minimum absolute atomic E-state index is 0.0110. The second kappa shape index (κ2) is 6.15. The lowest BCUT2D eigenvalue weighted by Gasteiger charge is -2.38. The highest BCUT2D eigenvalue weighted by Crippen LogP contribution is 2.21. The summed E-state index contributed by atoms with van der Waals surface area (Å²) in [6, 6.07) is 0.239. The van der Waals surface area contributed by atoms with Crippen LogP contribution in [0.1, 0.15) is 32.6 Å². The van der Waals surface area contributed by atoms with E-state index in [9.17, 15) is 4.79 Å². The number of likely N-dealkylation sites (tertiary alicyclic amines) is 1. The van der Waals surface area contributed by atoms with Gasteiger partial charge >= 0.3 is 0 Å². The first-order valence-electron chi connectivity index (χ1n) is 5.82. The molecule has 1 fully saturated rings. The van der Waals surface area contributed by atoms with E-state index in [1.807, 2.05) is 0 Å². The van der Waals surface area contributed by atoms with E-state index in [0.717, 1.165) is 25.8 Å². The third-order valence-electron chi connectivity index (χ3n) is 3.16. The van der Waals surface area contributed by atoms with Crippen LogP contribution in [-0.2, 0) is 4.79 Å². The van der Waals surface area contributed by atoms with Gasteiger partial charge in [0.15, 0.2) is 0 Å². The third-order valence-corrected chi connectivity index (χ3v) is 3.32. The van der Waals surface area contributed by atoms with E-state index in [2.05, 4.69) is 17.1 Å². The Balaban J connectivity index is 2.65. The molecule has 1 amide bonds. The maximum absolute atomic E-state index is 11.8. The number of likely N-dealkylation sites (N-methyl/N-ethyl adjacent to an activating group) is 1. The number of nitrogens with one attached hydrogen (secondary N) is 1. The summed E-state index contributed by atoms with van der Waals surface area (Å²) in [5, 5.41) is 2.73. The number of hydrogen-bond acceptors (Lipinski definition) is 3. The van der Waals surface area contributed by atoms with Crippen LogP contribution in [-0.4, -0.2) is 41.5 Å². The van der Waals surface area contributed by atoms with E-state index >= 15 is 0 Å². The molecule has 0 aromatic heterocycles. The minimum atomic E-state index is -0.0110. The van der Waals surface area contributed by atoms with Crippen molar-refractivity contribution in [3.8, 4) is 0 Å². The molecule has 2 unspecified atom stereocenters. The van der Waals surface area contributed by atoms with Gasteiger partial charge in [-0.3, -0.25) is 9.69 Å². The van der Waals surface area contributed by atoms with Crippen LogP contribution in [0.3, 0.4) is 0 Å². The average Bonchev–Trinajstić information content (AvgIpc) is 2.27. The topological polar surface area (TPSA) is 58.4 Å². The Bertz CT molecular complexity index is 270. The molecule has 2 atom stereocenters. The summed E-state index contributed by atoms with van der Waals surface area (Å²) >= 11 is 4.92. The van der Waals surface area contributed by atoms with Crippen molar-refractivity contribution in [3.05, 3.63) is 0 Å². The van der Waals surface area contributed by atoms with Crippen molar-refractivity contribution >= 4 is 23.1 Å². The molecule has 1 heterocycles. The van der Waals surface area contributed by atoms with E-state index in [4.69, 9.17) is 18.0 Å². The minimum Gasteiger partial charge on any atom is -0.393 e. The van der Waals surface area contributed by atoms with Crippen LogP contribution in [0.15, 0.2) is 0 Å². The summed E-state index contributed by atoms with van der Waals surface area (Å²) in [5.41, 5.74) is 5.56. The van der Waals surface area contributed by atoms with Crippen LogP contribution >= 0.6 is 12.2 Å². The molecule has 1 aliphatic rings. The molecule has 0 radical (unpaired) electrons. The van der Waals surface area contributed by atoms with Gasteiger partial charge in [0.1, 0.15) is 0 Å². The van der Waals surface area contributed by atoms with Gasteiger partial charge in [-0.05, 0) is 26.3 Å². The van der Waals surface area contributed by atoms with Gasteiger partial charge in [0, 0.05) is 19.5 Å². The van der Waals surface area contributed by atoms with Crippen molar-refractivity contribution in [3.63, 3.8) is 0 Å². The Morgan fingerprint density at radius 1 is 1.62 bits per heavy atom. The maximum atomic E-state index is 11.8. The molecule has 1 saturated heterocycles. The standard InChI is InChI=1S/C11H21N3OS/c1-8(7-10(12)16)14-6-4-3-5-9(14)11(15)13-2/h8-9H,3-7H2,1-2H3,(H2,12,16)(H,13,15). The van der Waals surface area contributed by atoms with Gasteiger partial charge in [0.25, 0.3) is 0 Å². The van der Waals surface area contributed by atoms with Gasteiger partial charge in [-0.15, -0.1) is 0 Å². The number of piperidine rings is 1. The second-order valence-corrected chi connectivity index (χ2v) is 4.91. The zero-order chi connectivity index (χ0) is 12.1. The molecule has 92 valence electrons. The molecule has 0 aliphatic carbocycles. The average molecular weight is 243 g/mol. The molecular formula is C11H21N3OS. The molecule has 0 saturated carbocycles. The summed E-state index contributed by atoms with van der Waals surface area (Å²) in [4.78, 5) is 14.5. The first-order valence-corrected chi connectivity index (χ1v) is 6.22. The van der Waals surface area contributed by atoms with Crippen LogP contribution < -0.4 is 11.1 Å². The number of nitrogens with two attached hydrogens (primary N) is 1. The fourth-order valence-electron chi connectivity index (χ4n) is 2.34. The predicted molar refractivity (Wildman–Crippen MR) is 69.3 cm³/mol. The molecule has 3 N–H and O–H groups in total. The molecule has 1 aliphatic heterocycles. The number of carbonyl (C=O) groups excluding carboxylic acids is 1. The normalized spacial score (nSPS) is 23.8. The van der Waals surface area contributed by atoms with E-state index in [-0.39, 0.29) is 18.0 Å². The van der Waals surface area contributed by atoms with Crippen LogP contribution in [0.2, 0.25) is 0 Å². The molecular weight excluding hydrogens is 222 g/mol. The smallest absolute Gasteiger partial charge is 0.237 e. The van der Waals surface area contributed by atoms with Crippen LogP contribution in [0, 0.1) is 0 Å². The number of thiocarbonyl (C=S) groups is 1. The molecule has 16 heavy (non-hydrogen) atoms. The fraction of sp³-hybridized carbons (Fsp3) is 0.818. The molecule has 0 bridgehead atoms. The Morgan fingerprint density at radius 3 is 2.88 bits per heavy atom. The summed E-state index contributed by atoms with van der Waals surface area (Å²) in [6.07, 6.45) is 3.88. The van der Waals surface area contributed by atoms with Gasteiger partial charge < -0.3 is 11.1 Å². The maximum Gasteiger partial charge on any atom is 0.237 e. The van der Waals surface area contributed by atoms with Gasteiger partial charge in [-0.2, -0.15) is 0 Å². The van der Waals surface area contributed by atoms with Gasteiger partial charge in [-0.1, -0.05) is 18.6 Å². The van der Waals surface area contributed by atoms with Crippen LogP contribution in [0.5, 0.6) is 0 Å². The van der Waals surface area contributed by atoms with Crippen molar-refractivity contribution in [1.82, 2.24) is 10.2 Å². The number of rotatable bonds is 4. The van der Waals surface area contributed by atoms with Crippen molar-refractivity contribution in [2.45, 2.75) is 44.7 Å². The Hall–Kier alpha value is -0.680. The summed E-state index contributed by atoms with van der Waals surface area (Å²) in [5.74, 6) is 0.106. The predicted octanol–water partition coefficient (Wildman–Crippen LogP) is 0.652. The summed E-state index contributed by atoms with van der Waals surface area (Å²) in [6.45, 7) is 3.04. The van der Waals surface area contributed by atoms with Crippen molar-refractivity contribution in [2.75, 3.05) is 13.6 Å². The lowest BCUT2D eigenvalue weighted by molar-refractivity contribution is -0.128. The molecule has 1 rings (SSSR count). The lowest BCUT2D eigenvalue weighted by atomic mass is 9.98. The van der Waals surface area contributed by atoms with E-state index in [1.165, 1.54) is 0 Å². The number of nitrogens with zero attached hydrogens (tertiary/aromatic N) is 1. The Labute approximate surface area is 103 Å². The largest absolute Gasteiger partial charge is 0.393 e. The van der Waals surface area contributed by atoms with Gasteiger partial charge in [-0.25, -0.2) is 0 Å². The fourth-order valence-corrected chi connectivity index (χ4v) is 2.58. The number of carbonyl (C=O) groups is 1. The molecule has 4 nitrogen and oxygen atoms in total. The second-order valence-electron chi connectivity index (χ2n) is 4.38. The van der Waals surface area contributed by atoms with Gasteiger partial charge in [0.05, 0.1) is 11.0 Å². The zero-order valence-electron chi connectivity index (χ0n) is 10.0. The number of hydrogen-bond donors (Lipinski definition) is 2. The lowest BCUT2D eigenvalue weighted by Crippen LogP contribution is -2.52. The van der Waals surface area contributed by atoms with Crippen molar-refractivity contribution in [2.24, 2.45) is 5.73 Å². The Morgan fingerprint density at radius 2 is 2.31 bits per heavy atom.